The maximum absolute atomic E-state index is 12.8. The molecule has 0 unspecified atom stereocenters. The number of halogens is 1. The van der Waals surface area contributed by atoms with E-state index >= 15 is 0 Å². The van der Waals surface area contributed by atoms with Gasteiger partial charge in [-0.05, 0) is 42.7 Å². The molecule has 8 heteroatoms. The van der Waals surface area contributed by atoms with E-state index in [1.54, 1.807) is 35.2 Å². The summed E-state index contributed by atoms with van der Waals surface area (Å²) in [4.78, 5) is 14.9. The molecular formula is C24H23ClN2O3S2. The van der Waals surface area contributed by atoms with Crippen molar-refractivity contribution in [2.24, 2.45) is 5.92 Å². The molecule has 0 aromatic heterocycles. The van der Waals surface area contributed by atoms with Gasteiger partial charge in [-0.1, -0.05) is 67.6 Å². The second-order valence-electron chi connectivity index (χ2n) is 7.51. The van der Waals surface area contributed by atoms with Crippen LogP contribution in [0, 0.1) is 17.2 Å². The molecule has 1 fully saturated rings. The summed E-state index contributed by atoms with van der Waals surface area (Å²) in [5, 5.41) is 9.64. The van der Waals surface area contributed by atoms with Crippen molar-refractivity contribution in [3.05, 3.63) is 63.0 Å². The van der Waals surface area contributed by atoms with Gasteiger partial charge in [0, 0.05) is 12.1 Å². The predicted molar refractivity (Wildman–Crippen MR) is 133 cm³/mol. The highest BCUT2D eigenvalue weighted by molar-refractivity contribution is 8.26. The normalized spacial score (nSPS) is 14.9. The van der Waals surface area contributed by atoms with Gasteiger partial charge in [-0.25, -0.2) is 0 Å². The highest BCUT2D eigenvalue weighted by Crippen LogP contribution is 2.39. The summed E-state index contributed by atoms with van der Waals surface area (Å²) >= 11 is 13.2. The maximum atomic E-state index is 12.8. The fourth-order valence-electron chi connectivity index (χ4n) is 3.15. The summed E-state index contributed by atoms with van der Waals surface area (Å²) in [6.45, 7) is 7.14. The molecule has 1 saturated heterocycles. The van der Waals surface area contributed by atoms with Crippen LogP contribution in [0.1, 0.15) is 37.5 Å². The maximum Gasteiger partial charge on any atom is 0.266 e. The molecule has 1 aliphatic rings. The summed E-state index contributed by atoms with van der Waals surface area (Å²) < 4.78 is 12.3. The van der Waals surface area contributed by atoms with E-state index in [0.29, 0.717) is 55.9 Å². The number of thiocarbonyl (C=S) groups is 1. The van der Waals surface area contributed by atoms with E-state index in [1.807, 2.05) is 32.9 Å². The van der Waals surface area contributed by atoms with Crippen LogP contribution in [0.4, 0.5) is 0 Å². The lowest BCUT2D eigenvalue weighted by atomic mass is 10.1. The lowest BCUT2D eigenvalue weighted by Crippen LogP contribution is -2.31. The Balaban J connectivity index is 1.87. The van der Waals surface area contributed by atoms with Gasteiger partial charge in [-0.2, -0.15) is 5.26 Å². The Bertz CT molecular complexity index is 1110. The average Bonchev–Trinajstić information content (AvgIpc) is 3.00. The molecule has 0 saturated carbocycles. The highest BCUT2D eigenvalue weighted by atomic mass is 35.5. The summed E-state index contributed by atoms with van der Waals surface area (Å²) in [7, 11) is 0. The van der Waals surface area contributed by atoms with E-state index < -0.39 is 0 Å². The van der Waals surface area contributed by atoms with Crippen molar-refractivity contribution in [1.82, 2.24) is 4.90 Å². The van der Waals surface area contributed by atoms with Gasteiger partial charge in [-0.15, -0.1) is 0 Å². The largest absolute Gasteiger partial charge is 0.490 e. The number of carbonyl (C=O) groups excluding carboxylic acids is 1. The van der Waals surface area contributed by atoms with Crippen LogP contribution < -0.4 is 9.47 Å². The fraction of sp³-hybridized carbons (Fsp3) is 0.292. The number of amides is 1. The fourth-order valence-corrected chi connectivity index (χ4v) is 4.70. The minimum Gasteiger partial charge on any atom is -0.490 e. The average molecular weight is 487 g/mol. The molecule has 1 amide bonds. The number of nitriles is 1. The Morgan fingerprint density at radius 1 is 1.28 bits per heavy atom. The van der Waals surface area contributed by atoms with Gasteiger partial charge in [0.15, 0.2) is 11.5 Å². The number of nitrogens with zero attached hydrogens (tertiary/aromatic N) is 2. The number of ether oxygens (including phenoxy) is 2. The third-order valence-corrected chi connectivity index (χ3v) is 6.22. The Labute approximate surface area is 202 Å². The number of carbonyl (C=O) groups is 1. The molecule has 0 spiro atoms. The van der Waals surface area contributed by atoms with Crippen molar-refractivity contribution in [3.8, 4) is 17.6 Å². The molecule has 3 rings (SSSR count). The van der Waals surface area contributed by atoms with Crippen LogP contribution in [0.15, 0.2) is 41.3 Å². The molecule has 1 aliphatic heterocycles. The van der Waals surface area contributed by atoms with Crippen molar-refractivity contribution in [2.75, 3.05) is 13.2 Å². The van der Waals surface area contributed by atoms with Gasteiger partial charge < -0.3 is 9.47 Å². The second-order valence-corrected chi connectivity index (χ2v) is 9.59. The Morgan fingerprint density at radius 3 is 2.72 bits per heavy atom. The third kappa shape index (κ3) is 5.63. The topological polar surface area (TPSA) is 62.6 Å². The van der Waals surface area contributed by atoms with Crippen LogP contribution in [0.3, 0.4) is 0 Å². The molecule has 0 radical (unpaired) electrons. The molecule has 5 nitrogen and oxygen atoms in total. The van der Waals surface area contributed by atoms with E-state index in [0.717, 1.165) is 5.56 Å². The number of thioether (sulfide) groups is 1. The molecule has 0 atom stereocenters. The van der Waals surface area contributed by atoms with Crippen LogP contribution >= 0.6 is 35.6 Å². The minimum absolute atomic E-state index is 0.101. The first-order valence-corrected chi connectivity index (χ1v) is 11.8. The SMILES string of the molecule is CCOc1cc(/C=C2\SC(=S)N(CC(C)C)C2=O)cc(Cl)c1OCc1ccccc1C#N. The zero-order valence-corrected chi connectivity index (χ0v) is 20.4. The number of hydrogen-bond acceptors (Lipinski definition) is 6. The van der Waals surface area contributed by atoms with Gasteiger partial charge >= 0.3 is 0 Å². The van der Waals surface area contributed by atoms with Gasteiger partial charge in [0.05, 0.1) is 28.2 Å². The van der Waals surface area contributed by atoms with E-state index in [2.05, 4.69) is 6.07 Å². The Kier molecular flexibility index (Phi) is 8.19. The van der Waals surface area contributed by atoms with Gasteiger partial charge in [0.25, 0.3) is 5.91 Å². The molecule has 0 bridgehead atoms. The minimum atomic E-state index is -0.101. The van der Waals surface area contributed by atoms with Gasteiger partial charge in [-0.3, -0.25) is 9.69 Å². The summed E-state index contributed by atoms with van der Waals surface area (Å²) in [5.41, 5.74) is 2.02. The highest BCUT2D eigenvalue weighted by Gasteiger charge is 2.32. The lowest BCUT2D eigenvalue weighted by molar-refractivity contribution is -0.122. The van der Waals surface area contributed by atoms with E-state index in [4.69, 9.17) is 33.3 Å². The molecular weight excluding hydrogens is 464 g/mol. The van der Waals surface area contributed by atoms with Crippen molar-refractivity contribution in [2.45, 2.75) is 27.4 Å². The Morgan fingerprint density at radius 2 is 2.03 bits per heavy atom. The predicted octanol–water partition coefficient (Wildman–Crippen LogP) is 6.05. The van der Waals surface area contributed by atoms with Crippen molar-refractivity contribution in [3.63, 3.8) is 0 Å². The van der Waals surface area contributed by atoms with Crippen LogP contribution in [0.25, 0.3) is 6.08 Å². The molecule has 32 heavy (non-hydrogen) atoms. The van der Waals surface area contributed by atoms with Crippen LogP contribution in [-0.4, -0.2) is 28.3 Å². The van der Waals surface area contributed by atoms with Gasteiger partial charge in [0.2, 0.25) is 0 Å². The smallest absolute Gasteiger partial charge is 0.266 e. The van der Waals surface area contributed by atoms with Gasteiger partial charge in [0.1, 0.15) is 10.9 Å². The molecule has 2 aromatic carbocycles. The monoisotopic (exact) mass is 486 g/mol. The van der Waals surface area contributed by atoms with Crippen LogP contribution in [-0.2, 0) is 11.4 Å². The van der Waals surface area contributed by atoms with Crippen molar-refractivity contribution in [1.29, 1.82) is 5.26 Å². The second kappa shape index (κ2) is 10.9. The lowest BCUT2D eigenvalue weighted by Gasteiger charge is -2.16. The third-order valence-electron chi connectivity index (χ3n) is 4.56. The first-order valence-electron chi connectivity index (χ1n) is 10.2. The summed E-state index contributed by atoms with van der Waals surface area (Å²) in [6.07, 6.45) is 1.77. The number of rotatable bonds is 8. The molecule has 0 aliphatic carbocycles. The first kappa shape index (κ1) is 24.1. The molecule has 1 heterocycles. The molecule has 2 aromatic rings. The number of hydrogen-bond donors (Lipinski definition) is 0. The van der Waals surface area contributed by atoms with E-state index in [9.17, 15) is 10.1 Å². The van der Waals surface area contributed by atoms with E-state index in [-0.39, 0.29) is 12.5 Å². The Hall–Kier alpha value is -2.53. The standard InChI is InChI=1S/C24H23ClN2O3S2/c1-4-29-20-10-16(11-21-23(28)27(13-15(2)3)24(31)32-21)9-19(25)22(20)30-14-18-8-6-5-7-17(18)12-26/h5-11,15H,4,13-14H2,1-3H3/b21-11-. The van der Waals surface area contributed by atoms with Crippen molar-refractivity contribution < 1.29 is 14.3 Å². The summed E-state index contributed by atoms with van der Waals surface area (Å²) in [5.74, 6) is 1.08. The molecule has 0 N–H and O–H groups in total. The van der Waals surface area contributed by atoms with E-state index in [1.165, 1.54) is 11.8 Å². The zero-order chi connectivity index (χ0) is 23.3. The zero-order valence-electron chi connectivity index (χ0n) is 18.1. The summed E-state index contributed by atoms with van der Waals surface area (Å²) in [6, 6.07) is 12.9. The first-order chi connectivity index (χ1) is 15.3. The van der Waals surface area contributed by atoms with Crippen LogP contribution in [0.2, 0.25) is 5.02 Å². The molecule has 166 valence electrons. The number of benzene rings is 2. The quantitative estimate of drug-likeness (QED) is 0.334. The van der Waals surface area contributed by atoms with Crippen molar-refractivity contribution >= 4 is 51.9 Å². The van der Waals surface area contributed by atoms with Crippen LogP contribution in [0.5, 0.6) is 11.5 Å².